The van der Waals surface area contributed by atoms with Gasteiger partial charge in [-0.1, -0.05) is 58.4 Å². The maximum atomic E-state index is 7.28. The highest BCUT2D eigenvalue weighted by molar-refractivity contribution is 7.32. The van der Waals surface area contributed by atoms with Crippen LogP contribution in [0.5, 0.6) is 23.0 Å². The Kier molecular flexibility index (Phi) is 12.4. The van der Waals surface area contributed by atoms with Gasteiger partial charge in [0, 0.05) is 38.2 Å². The van der Waals surface area contributed by atoms with E-state index in [0.29, 0.717) is 23.0 Å². The highest BCUT2D eigenvalue weighted by atomic mass is 31.1. The van der Waals surface area contributed by atoms with Crippen LogP contribution in [0.3, 0.4) is 0 Å². The maximum absolute atomic E-state index is 7.28. The van der Waals surface area contributed by atoms with Crippen molar-refractivity contribution in [2.45, 2.75) is 108 Å². The van der Waals surface area contributed by atoms with E-state index in [4.69, 9.17) is 35.3 Å². The molecule has 0 saturated carbocycles. The van der Waals surface area contributed by atoms with Gasteiger partial charge in [-0.2, -0.15) is 0 Å². The number of unbranched alkanes of at least 4 members (excludes halogenated alkanes) is 1. The maximum Gasteiger partial charge on any atom is 0.453 e. The smallest absolute Gasteiger partial charge is 0.453 e. The van der Waals surface area contributed by atoms with Crippen LogP contribution in [0.15, 0.2) is 89.6 Å². The molecule has 0 spiro atoms. The normalized spacial score (nSPS) is 11.8. The predicted molar refractivity (Wildman–Crippen MR) is 265 cm³/mol. The van der Waals surface area contributed by atoms with Gasteiger partial charge in [0.15, 0.2) is 0 Å². The second-order valence-corrected chi connectivity index (χ2v) is 20.4. The van der Waals surface area contributed by atoms with Crippen molar-refractivity contribution in [2.75, 3.05) is 14.2 Å². The number of benzene rings is 6. The van der Waals surface area contributed by atoms with Crippen molar-refractivity contribution in [3.8, 4) is 34.1 Å². The molecule has 8 rings (SSSR count). The summed E-state index contributed by atoms with van der Waals surface area (Å²) < 4.78 is 54.4. The van der Waals surface area contributed by atoms with Gasteiger partial charge in [-0.05, 0) is 172 Å². The molecule has 6 aromatic carbocycles. The van der Waals surface area contributed by atoms with E-state index in [1.165, 1.54) is 0 Å². The summed E-state index contributed by atoms with van der Waals surface area (Å²) in [6.45, 7) is 25.4. The molecule has 0 bridgehead atoms. The van der Waals surface area contributed by atoms with Gasteiger partial charge in [0.25, 0.3) is 0 Å². The minimum Gasteiger partial charge on any atom is -0.497 e. The zero-order valence-corrected chi connectivity index (χ0v) is 41.5. The van der Waals surface area contributed by atoms with E-state index in [2.05, 4.69) is 138 Å². The van der Waals surface area contributed by atoms with E-state index in [9.17, 15) is 0 Å². The molecule has 0 radical (unpaired) electrons. The molecule has 0 amide bonds. The summed E-state index contributed by atoms with van der Waals surface area (Å²) in [6.07, 6.45) is 2.62. The average molecular weight is 899 g/mol. The van der Waals surface area contributed by atoms with Gasteiger partial charge in [-0.15, -0.1) is 0 Å². The van der Waals surface area contributed by atoms with Crippen molar-refractivity contribution in [2.24, 2.45) is 0 Å². The number of aryl methyl sites for hydroxylation is 9. The number of ether oxygens (including phenoxy) is 2. The zero-order chi connectivity index (χ0) is 45.8. The quantitative estimate of drug-likeness (QED) is 0.134. The fourth-order valence-corrected chi connectivity index (χ4v) is 11.4. The summed E-state index contributed by atoms with van der Waals surface area (Å²) >= 11 is 0. The van der Waals surface area contributed by atoms with Gasteiger partial charge in [-0.25, -0.2) is 0 Å². The lowest BCUT2D eigenvalue weighted by atomic mass is 9.83. The fraction of sp³-hybridized carbons (Fsp3) is 0.333. The van der Waals surface area contributed by atoms with Gasteiger partial charge in [-0.3, -0.25) is 0 Å². The van der Waals surface area contributed by atoms with E-state index >= 15 is 0 Å². The summed E-state index contributed by atoms with van der Waals surface area (Å²) in [5, 5.41) is 3.93. The first kappa shape index (κ1) is 44.9. The number of rotatable bonds is 10. The number of hydrogen-bond donors (Lipinski definition) is 0. The Morgan fingerprint density at radius 1 is 0.469 bits per heavy atom. The monoisotopic (exact) mass is 898 g/mol. The molecule has 64 heavy (non-hydrogen) atoms. The molecule has 8 nitrogen and oxygen atoms in total. The van der Waals surface area contributed by atoms with Gasteiger partial charge >= 0.3 is 16.5 Å². The van der Waals surface area contributed by atoms with E-state index in [0.717, 1.165) is 130 Å². The number of methoxy groups -OCH3 is 2. The molecule has 10 heteroatoms. The van der Waals surface area contributed by atoms with Crippen LogP contribution in [0.4, 0.5) is 0 Å². The summed E-state index contributed by atoms with van der Waals surface area (Å²) in [6, 6.07) is 25.3. The van der Waals surface area contributed by atoms with E-state index < -0.39 is 21.9 Å². The summed E-state index contributed by atoms with van der Waals surface area (Å²) in [5.74, 6) is 2.53. The predicted octanol–water partition coefficient (Wildman–Crippen LogP) is 17.4. The Balaban J connectivity index is 1.46. The second-order valence-electron chi connectivity index (χ2n) is 18.4. The molecule has 0 saturated heterocycles. The van der Waals surface area contributed by atoms with Crippen molar-refractivity contribution in [1.29, 1.82) is 0 Å². The molecular formula is C54H60O8P2. The molecule has 334 valence electrons. The Morgan fingerprint density at radius 3 is 1.19 bits per heavy atom. The van der Waals surface area contributed by atoms with Crippen LogP contribution in [0.2, 0.25) is 0 Å². The molecule has 8 aromatic rings. The number of hydrogen-bond acceptors (Lipinski definition) is 8. The van der Waals surface area contributed by atoms with Crippen molar-refractivity contribution in [3.05, 3.63) is 128 Å². The second kappa shape index (κ2) is 17.7. The van der Waals surface area contributed by atoms with Gasteiger partial charge in [0.1, 0.15) is 45.3 Å². The summed E-state index contributed by atoms with van der Waals surface area (Å²) in [5.41, 5.74) is 14.4. The van der Waals surface area contributed by atoms with Crippen LogP contribution >= 0.6 is 16.5 Å². The first-order valence-electron chi connectivity index (χ1n) is 22.0. The molecule has 0 fully saturated rings. The van der Waals surface area contributed by atoms with Crippen LogP contribution in [-0.2, 0) is 11.8 Å². The Hall–Kier alpha value is -5.68. The molecule has 2 aromatic heterocycles. The van der Waals surface area contributed by atoms with Crippen molar-refractivity contribution >= 4 is 60.4 Å². The first-order chi connectivity index (χ1) is 30.5. The third-order valence-electron chi connectivity index (χ3n) is 11.8. The molecule has 0 aliphatic rings. The lowest BCUT2D eigenvalue weighted by Crippen LogP contribution is -2.13. The molecule has 0 atom stereocenters. The molecule has 0 unspecified atom stereocenters. The lowest BCUT2D eigenvalue weighted by Gasteiger charge is -2.26. The van der Waals surface area contributed by atoms with Gasteiger partial charge < -0.3 is 35.3 Å². The Morgan fingerprint density at radius 2 is 0.828 bits per heavy atom. The fourth-order valence-electron chi connectivity index (χ4n) is 8.88. The lowest BCUT2D eigenvalue weighted by molar-refractivity contribution is 0.409. The van der Waals surface area contributed by atoms with Crippen LogP contribution in [-0.4, -0.2) is 14.2 Å². The van der Waals surface area contributed by atoms with Gasteiger partial charge in [0.2, 0.25) is 0 Å². The third kappa shape index (κ3) is 8.75. The standard InChI is InChI=1S/C54H60O8P2/c1-15-16-17-38-26-39(55-13)27-45(52(38)61-63-57-48-34(6)18-30(2)22-41(48)42-23-31(3)19-35(7)49(42)58-63)46-28-40(56-14)29-47(54(10,11)12)53(46)62-64-59-50-36(8)20-32(4)24-43(50)44-25-33(5)21-37(9)51(44)60-64/h18-29H,15-17H2,1-14H3. The van der Waals surface area contributed by atoms with Gasteiger partial charge in [0.05, 0.1) is 14.2 Å². The SMILES string of the molecule is CCCCc1cc(OC)cc(-c2cc(OC)cc(C(C)(C)C)c2Op2oc3c(C)cc(C)cc3c3cc(C)cc(C)c3o2)c1Op1oc2c(C)cc(C)cc2c2cc(C)cc(C)c2o1. The molecule has 0 aliphatic carbocycles. The summed E-state index contributed by atoms with van der Waals surface area (Å²) in [4.78, 5) is 0. The average Bonchev–Trinajstić information content (AvgIpc) is 3.48. The minimum atomic E-state index is -2.07. The van der Waals surface area contributed by atoms with E-state index in [-0.39, 0.29) is 0 Å². The van der Waals surface area contributed by atoms with Crippen molar-refractivity contribution in [3.63, 3.8) is 0 Å². The minimum absolute atomic E-state index is 0.420. The molecule has 0 N–H and O–H groups in total. The highest BCUT2D eigenvalue weighted by Gasteiger charge is 2.30. The topological polar surface area (TPSA) is 89.5 Å². The van der Waals surface area contributed by atoms with Crippen LogP contribution in [0.25, 0.3) is 55.0 Å². The van der Waals surface area contributed by atoms with E-state index in [1.54, 1.807) is 14.2 Å². The number of fused-ring (bicyclic) bond motifs is 6. The zero-order valence-electron chi connectivity index (χ0n) is 39.7. The van der Waals surface area contributed by atoms with Crippen LogP contribution in [0.1, 0.15) is 96.2 Å². The van der Waals surface area contributed by atoms with Crippen molar-refractivity contribution < 1.29 is 35.3 Å². The summed E-state index contributed by atoms with van der Waals surface area (Å²) in [7, 11) is -0.743. The first-order valence-corrected chi connectivity index (χ1v) is 24.2. The Labute approximate surface area is 378 Å². The molecule has 2 heterocycles. The molecule has 0 aliphatic heterocycles. The van der Waals surface area contributed by atoms with E-state index in [1.807, 2.05) is 18.2 Å². The Bertz CT molecular complexity index is 3060. The highest BCUT2D eigenvalue weighted by Crippen LogP contribution is 2.53. The van der Waals surface area contributed by atoms with Crippen LogP contribution < -0.4 is 18.5 Å². The molecular weight excluding hydrogens is 839 g/mol. The van der Waals surface area contributed by atoms with Crippen LogP contribution in [0, 0.1) is 55.4 Å². The largest absolute Gasteiger partial charge is 0.497 e. The third-order valence-corrected chi connectivity index (χ3v) is 13.8. The van der Waals surface area contributed by atoms with Crippen molar-refractivity contribution in [1.82, 2.24) is 0 Å².